The fourth-order valence-electron chi connectivity index (χ4n) is 1.36. The molecule has 1 heterocycles. The number of nitrogens with zero attached hydrogens (tertiary/aromatic N) is 2. The lowest BCUT2D eigenvalue weighted by Gasteiger charge is -2.06. The van der Waals surface area contributed by atoms with Crippen LogP contribution in [0.25, 0.3) is 0 Å². The van der Waals surface area contributed by atoms with Crippen LogP contribution in [0.4, 0.5) is 5.95 Å². The van der Waals surface area contributed by atoms with Crippen molar-refractivity contribution >= 4 is 43.5 Å². The molecule has 1 aromatic heterocycles. The third kappa shape index (κ3) is 3.69. The Morgan fingerprint density at radius 1 is 1.30 bits per heavy atom. The molecular formula is C11H11BrN4O2S2. The van der Waals surface area contributed by atoms with Crippen LogP contribution >= 0.6 is 27.7 Å². The summed E-state index contributed by atoms with van der Waals surface area (Å²) in [5, 5.41) is 0.681. The maximum Gasteiger partial charge on any atom is 0.238 e. The molecule has 0 amide bonds. The van der Waals surface area contributed by atoms with Gasteiger partial charge in [-0.25, -0.2) is 24.2 Å². The van der Waals surface area contributed by atoms with Gasteiger partial charge < -0.3 is 0 Å². The molecule has 0 saturated carbocycles. The van der Waals surface area contributed by atoms with Crippen LogP contribution < -0.4 is 11.3 Å². The summed E-state index contributed by atoms with van der Waals surface area (Å²) in [4.78, 5) is 9.31. The third-order valence-corrected chi connectivity index (χ3v) is 5.29. The van der Waals surface area contributed by atoms with E-state index >= 15 is 0 Å². The molecule has 2 aromatic rings. The maximum atomic E-state index is 11.4. The molecular weight excluding hydrogens is 364 g/mol. The highest BCUT2D eigenvalue weighted by atomic mass is 79.9. The van der Waals surface area contributed by atoms with Crippen molar-refractivity contribution in [2.45, 2.75) is 14.8 Å². The Labute approximate surface area is 129 Å². The second-order valence-electron chi connectivity index (χ2n) is 3.84. The number of rotatable bonds is 4. The lowest BCUT2D eigenvalue weighted by molar-refractivity contribution is 0.602. The normalized spacial score (nSPS) is 11.3. The zero-order valence-corrected chi connectivity index (χ0v) is 13.6. The molecule has 3 N–H and O–H groups in total. The van der Waals surface area contributed by atoms with Crippen LogP contribution in [0, 0.1) is 0 Å². The van der Waals surface area contributed by atoms with Gasteiger partial charge in [0.1, 0.15) is 5.03 Å². The zero-order chi connectivity index (χ0) is 14.8. The van der Waals surface area contributed by atoms with Gasteiger partial charge in [0.05, 0.1) is 9.37 Å². The van der Waals surface area contributed by atoms with E-state index in [2.05, 4.69) is 31.3 Å². The molecule has 0 radical (unpaired) electrons. The van der Waals surface area contributed by atoms with E-state index in [0.717, 1.165) is 9.37 Å². The van der Waals surface area contributed by atoms with Crippen molar-refractivity contribution in [2.24, 2.45) is 5.84 Å². The van der Waals surface area contributed by atoms with Gasteiger partial charge in [0, 0.05) is 17.3 Å². The van der Waals surface area contributed by atoms with Gasteiger partial charge in [0.2, 0.25) is 5.95 Å². The Balaban J connectivity index is 2.26. The van der Waals surface area contributed by atoms with Crippen LogP contribution in [0.5, 0.6) is 0 Å². The highest BCUT2D eigenvalue weighted by Gasteiger charge is 2.09. The van der Waals surface area contributed by atoms with Gasteiger partial charge in [-0.1, -0.05) is 11.8 Å². The van der Waals surface area contributed by atoms with E-state index in [9.17, 15) is 8.42 Å². The van der Waals surface area contributed by atoms with Crippen molar-refractivity contribution < 1.29 is 8.42 Å². The van der Waals surface area contributed by atoms with Crippen LogP contribution in [0.2, 0.25) is 0 Å². The summed E-state index contributed by atoms with van der Waals surface area (Å²) in [5.74, 6) is 5.57. The molecule has 0 saturated heterocycles. The van der Waals surface area contributed by atoms with E-state index in [0.29, 0.717) is 11.0 Å². The molecule has 0 fully saturated rings. The van der Waals surface area contributed by atoms with Crippen LogP contribution in [-0.2, 0) is 9.84 Å². The molecule has 106 valence electrons. The van der Waals surface area contributed by atoms with Gasteiger partial charge in [0.15, 0.2) is 9.84 Å². The number of nitrogen functional groups attached to an aromatic ring is 1. The number of anilines is 1. The first-order valence-electron chi connectivity index (χ1n) is 5.37. The van der Waals surface area contributed by atoms with Gasteiger partial charge in [0.25, 0.3) is 0 Å². The van der Waals surface area contributed by atoms with Crippen molar-refractivity contribution in [3.63, 3.8) is 0 Å². The molecule has 0 aliphatic rings. The number of benzene rings is 1. The SMILES string of the molecule is CS(=O)(=O)c1ccc(Sc2nc(NN)ncc2Br)cc1. The predicted molar refractivity (Wildman–Crippen MR) is 81.2 cm³/mol. The van der Waals surface area contributed by atoms with E-state index in [4.69, 9.17) is 5.84 Å². The van der Waals surface area contributed by atoms with Gasteiger partial charge in [-0.15, -0.1) is 0 Å². The molecule has 0 bridgehead atoms. The van der Waals surface area contributed by atoms with E-state index in [1.54, 1.807) is 30.5 Å². The van der Waals surface area contributed by atoms with Crippen molar-refractivity contribution in [3.8, 4) is 0 Å². The lowest BCUT2D eigenvalue weighted by atomic mass is 10.4. The Kier molecular flexibility index (Phi) is 4.63. The summed E-state index contributed by atoms with van der Waals surface area (Å²) in [5.41, 5.74) is 2.37. The maximum absolute atomic E-state index is 11.4. The molecule has 0 aliphatic heterocycles. The predicted octanol–water partition coefficient (Wildman–Crippen LogP) is 2.08. The topological polar surface area (TPSA) is 98.0 Å². The molecule has 1 aromatic carbocycles. The van der Waals surface area contributed by atoms with Gasteiger partial charge in [-0.3, -0.25) is 5.43 Å². The summed E-state index contributed by atoms with van der Waals surface area (Å²) < 4.78 is 23.5. The van der Waals surface area contributed by atoms with Crippen molar-refractivity contribution in [1.29, 1.82) is 0 Å². The summed E-state index contributed by atoms with van der Waals surface area (Å²) >= 11 is 4.73. The highest BCUT2D eigenvalue weighted by molar-refractivity contribution is 9.10. The number of halogens is 1. The number of hydrogen-bond donors (Lipinski definition) is 2. The van der Waals surface area contributed by atoms with Crippen LogP contribution in [0.1, 0.15) is 0 Å². The van der Waals surface area contributed by atoms with Gasteiger partial charge >= 0.3 is 0 Å². The summed E-state index contributed by atoms with van der Waals surface area (Å²) in [6.07, 6.45) is 2.77. The lowest BCUT2D eigenvalue weighted by Crippen LogP contribution is -2.10. The Hall–Kier alpha value is -1.16. The second kappa shape index (κ2) is 6.08. The van der Waals surface area contributed by atoms with Crippen LogP contribution in [0.3, 0.4) is 0 Å². The third-order valence-electron chi connectivity index (χ3n) is 2.31. The number of hydrazine groups is 1. The molecule has 20 heavy (non-hydrogen) atoms. The van der Waals surface area contributed by atoms with Crippen LogP contribution in [0.15, 0.2) is 49.8 Å². The Morgan fingerprint density at radius 3 is 2.50 bits per heavy atom. The number of aromatic nitrogens is 2. The minimum atomic E-state index is -3.18. The molecule has 0 aliphatic carbocycles. The first kappa shape index (κ1) is 15.2. The Bertz CT molecular complexity index is 720. The minimum absolute atomic E-state index is 0.285. The van der Waals surface area contributed by atoms with E-state index in [-0.39, 0.29) is 4.90 Å². The van der Waals surface area contributed by atoms with Crippen LogP contribution in [-0.4, -0.2) is 24.6 Å². The molecule has 9 heteroatoms. The molecule has 0 atom stereocenters. The van der Waals surface area contributed by atoms with Crippen molar-refractivity contribution in [2.75, 3.05) is 11.7 Å². The van der Waals surface area contributed by atoms with Gasteiger partial charge in [-0.05, 0) is 40.2 Å². The highest BCUT2D eigenvalue weighted by Crippen LogP contribution is 2.32. The molecule has 6 nitrogen and oxygen atoms in total. The van der Waals surface area contributed by atoms with Crippen molar-refractivity contribution in [1.82, 2.24) is 9.97 Å². The second-order valence-corrected chi connectivity index (χ2v) is 7.77. The largest absolute Gasteiger partial charge is 0.292 e. The summed E-state index contributed by atoms with van der Waals surface area (Å²) in [6, 6.07) is 6.58. The average molecular weight is 375 g/mol. The number of nitrogens with two attached hydrogens (primary N) is 1. The summed E-state index contributed by atoms with van der Waals surface area (Å²) in [6.45, 7) is 0. The molecule has 0 spiro atoms. The van der Waals surface area contributed by atoms with E-state index in [1.807, 2.05) is 0 Å². The first-order chi connectivity index (χ1) is 9.40. The van der Waals surface area contributed by atoms with E-state index < -0.39 is 9.84 Å². The summed E-state index contributed by atoms with van der Waals surface area (Å²) in [7, 11) is -3.18. The number of sulfone groups is 1. The fourth-order valence-corrected chi connectivity index (χ4v) is 3.20. The van der Waals surface area contributed by atoms with Crippen molar-refractivity contribution in [3.05, 3.63) is 34.9 Å². The zero-order valence-electron chi connectivity index (χ0n) is 10.4. The number of hydrogen-bond acceptors (Lipinski definition) is 7. The minimum Gasteiger partial charge on any atom is -0.292 e. The molecule has 0 unspecified atom stereocenters. The van der Waals surface area contributed by atoms with E-state index in [1.165, 1.54) is 18.0 Å². The Morgan fingerprint density at radius 2 is 1.95 bits per heavy atom. The smallest absolute Gasteiger partial charge is 0.238 e. The monoisotopic (exact) mass is 374 g/mol. The molecule has 2 rings (SSSR count). The fraction of sp³-hybridized carbons (Fsp3) is 0.0909. The average Bonchev–Trinajstić information content (AvgIpc) is 2.41. The van der Waals surface area contributed by atoms with Gasteiger partial charge in [-0.2, -0.15) is 0 Å². The standard InChI is InChI=1S/C11H11BrN4O2S2/c1-20(17,18)8-4-2-7(3-5-8)19-10-9(12)6-14-11(15-10)16-13/h2-6H,13H2,1H3,(H,14,15,16). The first-order valence-corrected chi connectivity index (χ1v) is 8.87. The number of nitrogens with one attached hydrogen (secondary N) is 1. The quantitative estimate of drug-likeness (QED) is 0.480.